The molecule has 0 aliphatic carbocycles. The van der Waals surface area contributed by atoms with Crippen LogP contribution < -0.4 is 20.1 Å². The monoisotopic (exact) mass is 351 g/mol. The first-order valence-corrected chi connectivity index (χ1v) is 8.26. The van der Waals surface area contributed by atoms with Gasteiger partial charge in [-0.2, -0.15) is 4.98 Å². The van der Waals surface area contributed by atoms with E-state index in [4.69, 9.17) is 9.47 Å². The average Bonchev–Trinajstić information content (AvgIpc) is 2.69. The molecule has 0 aliphatic rings. The van der Waals surface area contributed by atoms with E-state index in [9.17, 15) is 0 Å². The molecular formula is C19H21N5O2. The van der Waals surface area contributed by atoms with Crippen molar-refractivity contribution >= 4 is 17.5 Å². The van der Waals surface area contributed by atoms with Crippen LogP contribution >= 0.6 is 0 Å². The molecule has 1 aromatic carbocycles. The lowest BCUT2D eigenvalue weighted by Gasteiger charge is -2.14. The van der Waals surface area contributed by atoms with Crippen LogP contribution in [0.1, 0.15) is 6.92 Å². The summed E-state index contributed by atoms with van der Waals surface area (Å²) in [6, 6.07) is 11.3. The summed E-state index contributed by atoms with van der Waals surface area (Å²) in [7, 11) is 3.24. The third-order valence-corrected chi connectivity index (χ3v) is 3.71. The Labute approximate surface area is 152 Å². The molecule has 3 rings (SSSR count). The van der Waals surface area contributed by atoms with Crippen molar-refractivity contribution in [3.63, 3.8) is 0 Å². The van der Waals surface area contributed by atoms with Gasteiger partial charge in [-0.05, 0) is 31.2 Å². The van der Waals surface area contributed by atoms with E-state index in [0.717, 1.165) is 29.2 Å². The Kier molecular flexibility index (Phi) is 5.48. The Morgan fingerprint density at radius 3 is 2.46 bits per heavy atom. The summed E-state index contributed by atoms with van der Waals surface area (Å²) in [5, 5.41) is 6.46. The van der Waals surface area contributed by atoms with Crippen molar-refractivity contribution < 1.29 is 9.47 Å². The summed E-state index contributed by atoms with van der Waals surface area (Å²) >= 11 is 0. The standard InChI is InChI=1S/C19H21N5O2/c1-4-21-19-23-16(13-7-9-20-10-8-13)12-18(24-19)22-15-6-5-14(25-2)11-17(15)26-3/h5-12H,4H2,1-3H3,(H2,21,22,23,24). The zero-order valence-corrected chi connectivity index (χ0v) is 15.0. The minimum atomic E-state index is 0.553. The fraction of sp³-hybridized carbons (Fsp3) is 0.211. The van der Waals surface area contributed by atoms with Gasteiger partial charge in [-0.15, -0.1) is 0 Å². The number of pyridine rings is 1. The molecule has 26 heavy (non-hydrogen) atoms. The molecule has 7 heteroatoms. The van der Waals surface area contributed by atoms with Crippen molar-refractivity contribution in [2.75, 3.05) is 31.4 Å². The molecule has 3 aromatic rings. The van der Waals surface area contributed by atoms with Crippen LogP contribution in [0, 0.1) is 0 Å². The van der Waals surface area contributed by atoms with Crippen LogP contribution in [0.2, 0.25) is 0 Å². The van der Waals surface area contributed by atoms with Gasteiger partial charge in [0.1, 0.15) is 17.3 Å². The van der Waals surface area contributed by atoms with E-state index in [1.165, 1.54) is 0 Å². The van der Waals surface area contributed by atoms with Crippen LogP contribution in [0.4, 0.5) is 17.5 Å². The predicted octanol–water partition coefficient (Wildman–Crippen LogP) is 3.73. The van der Waals surface area contributed by atoms with Gasteiger partial charge in [0.15, 0.2) is 0 Å². The molecule has 0 fully saturated rings. The van der Waals surface area contributed by atoms with Crippen LogP contribution in [0.3, 0.4) is 0 Å². The SMILES string of the molecule is CCNc1nc(Nc2ccc(OC)cc2OC)cc(-c2ccncc2)n1. The molecule has 2 N–H and O–H groups in total. The third-order valence-electron chi connectivity index (χ3n) is 3.71. The fourth-order valence-corrected chi connectivity index (χ4v) is 2.46. The van der Waals surface area contributed by atoms with Crippen LogP contribution in [-0.4, -0.2) is 35.7 Å². The molecule has 0 radical (unpaired) electrons. The van der Waals surface area contributed by atoms with Crippen molar-refractivity contribution in [2.45, 2.75) is 6.92 Å². The number of aromatic nitrogens is 3. The molecule has 2 aromatic heterocycles. The molecule has 134 valence electrons. The second-order valence-electron chi connectivity index (χ2n) is 5.42. The predicted molar refractivity (Wildman–Crippen MR) is 102 cm³/mol. The zero-order valence-electron chi connectivity index (χ0n) is 15.0. The van der Waals surface area contributed by atoms with Gasteiger partial charge in [0.2, 0.25) is 5.95 Å². The third kappa shape index (κ3) is 4.00. The van der Waals surface area contributed by atoms with Crippen molar-refractivity contribution in [3.8, 4) is 22.8 Å². The lowest BCUT2D eigenvalue weighted by Crippen LogP contribution is -2.06. The average molecular weight is 351 g/mol. The summed E-state index contributed by atoms with van der Waals surface area (Å²) in [5.41, 5.74) is 2.55. The molecule has 0 amide bonds. The van der Waals surface area contributed by atoms with E-state index in [-0.39, 0.29) is 0 Å². The Morgan fingerprint density at radius 1 is 0.962 bits per heavy atom. The largest absolute Gasteiger partial charge is 0.497 e. The molecule has 0 spiro atoms. The number of benzene rings is 1. The number of anilines is 3. The van der Waals surface area contributed by atoms with Gasteiger partial charge in [0, 0.05) is 36.6 Å². The molecule has 7 nitrogen and oxygen atoms in total. The van der Waals surface area contributed by atoms with Crippen molar-refractivity contribution in [2.24, 2.45) is 0 Å². The lowest BCUT2D eigenvalue weighted by molar-refractivity contribution is 0.395. The Balaban J connectivity index is 1.98. The topological polar surface area (TPSA) is 81.2 Å². The number of hydrogen-bond donors (Lipinski definition) is 2. The highest BCUT2D eigenvalue weighted by molar-refractivity contribution is 5.70. The van der Waals surface area contributed by atoms with Crippen molar-refractivity contribution in [3.05, 3.63) is 48.8 Å². The zero-order chi connectivity index (χ0) is 18.4. The van der Waals surface area contributed by atoms with Crippen LogP contribution in [0.5, 0.6) is 11.5 Å². The van der Waals surface area contributed by atoms with Gasteiger partial charge in [0.05, 0.1) is 25.6 Å². The fourth-order valence-electron chi connectivity index (χ4n) is 2.46. The van der Waals surface area contributed by atoms with Gasteiger partial charge in [0.25, 0.3) is 0 Å². The Hall–Kier alpha value is -3.35. The molecule has 0 aliphatic heterocycles. The highest BCUT2D eigenvalue weighted by atomic mass is 16.5. The highest BCUT2D eigenvalue weighted by Gasteiger charge is 2.10. The number of ether oxygens (including phenoxy) is 2. The summed E-state index contributed by atoms with van der Waals surface area (Å²) in [6.45, 7) is 2.73. The first-order valence-electron chi connectivity index (χ1n) is 8.26. The molecule has 0 saturated heterocycles. The number of nitrogens with zero attached hydrogens (tertiary/aromatic N) is 3. The van der Waals surface area contributed by atoms with E-state index in [1.807, 2.05) is 43.3 Å². The van der Waals surface area contributed by atoms with Gasteiger partial charge >= 0.3 is 0 Å². The van der Waals surface area contributed by atoms with E-state index in [2.05, 4.69) is 25.6 Å². The Morgan fingerprint density at radius 2 is 1.77 bits per heavy atom. The highest BCUT2D eigenvalue weighted by Crippen LogP contribution is 2.32. The summed E-state index contributed by atoms with van der Waals surface area (Å²) in [6.07, 6.45) is 3.48. The maximum Gasteiger partial charge on any atom is 0.225 e. The summed E-state index contributed by atoms with van der Waals surface area (Å²) in [5.74, 6) is 2.60. The second-order valence-corrected chi connectivity index (χ2v) is 5.42. The van der Waals surface area contributed by atoms with Gasteiger partial charge < -0.3 is 20.1 Å². The van der Waals surface area contributed by atoms with Crippen molar-refractivity contribution in [1.29, 1.82) is 0 Å². The Bertz CT molecular complexity index is 871. The number of rotatable bonds is 7. The maximum absolute atomic E-state index is 5.44. The van der Waals surface area contributed by atoms with Gasteiger partial charge in [-0.3, -0.25) is 4.98 Å². The van der Waals surface area contributed by atoms with Crippen LogP contribution in [-0.2, 0) is 0 Å². The maximum atomic E-state index is 5.44. The number of nitrogens with one attached hydrogen (secondary N) is 2. The van der Waals surface area contributed by atoms with Gasteiger partial charge in [-0.25, -0.2) is 4.98 Å². The van der Waals surface area contributed by atoms with Crippen LogP contribution in [0.15, 0.2) is 48.8 Å². The quantitative estimate of drug-likeness (QED) is 0.671. The molecular weight excluding hydrogens is 330 g/mol. The molecule has 0 atom stereocenters. The lowest BCUT2D eigenvalue weighted by atomic mass is 10.2. The minimum absolute atomic E-state index is 0.553. The smallest absolute Gasteiger partial charge is 0.225 e. The molecule has 0 unspecified atom stereocenters. The normalized spacial score (nSPS) is 10.3. The van der Waals surface area contributed by atoms with E-state index >= 15 is 0 Å². The van der Waals surface area contributed by atoms with E-state index in [1.54, 1.807) is 26.6 Å². The first kappa shape index (κ1) is 17.5. The first-order chi connectivity index (χ1) is 12.7. The number of methoxy groups -OCH3 is 2. The van der Waals surface area contributed by atoms with E-state index < -0.39 is 0 Å². The van der Waals surface area contributed by atoms with Crippen molar-refractivity contribution in [1.82, 2.24) is 15.0 Å². The van der Waals surface area contributed by atoms with Crippen LogP contribution in [0.25, 0.3) is 11.3 Å². The molecule has 0 bridgehead atoms. The number of hydrogen-bond acceptors (Lipinski definition) is 7. The molecule has 0 saturated carbocycles. The summed E-state index contributed by atoms with van der Waals surface area (Å²) < 4.78 is 10.7. The molecule has 2 heterocycles. The minimum Gasteiger partial charge on any atom is -0.497 e. The summed E-state index contributed by atoms with van der Waals surface area (Å²) in [4.78, 5) is 13.1. The van der Waals surface area contributed by atoms with Gasteiger partial charge in [-0.1, -0.05) is 0 Å². The van der Waals surface area contributed by atoms with E-state index in [0.29, 0.717) is 17.5 Å². The second kappa shape index (κ2) is 8.15.